The van der Waals surface area contributed by atoms with Crippen LogP contribution in [0.5, 0.6) is 11.5 Å². The van der Waals surface area contributed by atoms with E-state index >= 15 is 0 Å². The molecule has 0 spiro atoms. The van der Waals surface area contributed by atoms with Gasteiger partial charge in [0.05, 0.1) is 23.3 Å². The summed E-state index contributed by atoms with van der Waals surface area (Å²) in [6.07, 6.45) is 1.72. The number of hydrogen-bond donors (Lipinski definition) is 1. The van der Waals surface area contributed by atoms with Gasteiger partial charge in [0.15, 0.2) is 15.8 Å². The number of amides is 1. The summed E-state index contributed by atoms with van der Waals surface area (Å²) in [5, 5.41) is 9.95. The van der Waals surface area contributed by atoms with E-state index in [4.69, 9.17) is 33.3 Å². The molecule has 3 aromatic carbocycles. The van der Waals surface area contributed by atoms with Gasteiger partial charge in [0, 0.05) is 10.6 Å². The number of carbonyl (C=O) groups is 2. The molecule has 4 rings (SSSR count). The van der Waals surface area contributed by atoms with Crippen molar-refractivity contribution in [2.75, 3.05) is 12.0 Å². The molecule has 0 atom stereocenters. The number of benzene rings is 3. The number of carboxylic acids is 1. The van der Waals surface area contributed by atoms with Crippen LogP contribution in [-0.2, 0) is 11.4 Å². The highest BCUT2D eigenvalue weighted by Crippen LogP contribution is 2.38. The molecule has 1 amide bonds. The van der Waals surface area contributed by atoms with Crippen LogP contribution in [0.1, 0.15) is 27.0 Å². The summed E-state index contributed by atoms with van der Waals surface area (Å²) in [5.41, 5.74) is 2.86. The molecule has 1 aliphatic rings. The number of aromatic carboxylic acids is 1. The summed E-state index contributed by atoms with van der Waals surface area (Å²) in [6.45, 7) is 2.08. The minimum absolute atomic E-state index is 0.0840. The van der Waals surface area contributed by atoms with Crippen LogP contribution in [0.2, 0.25) is 5.02 Å². The third kappa shape index (κ3) is 5.35. The number of methoxy groups -OCH3 is 1. The smallest absolute Gasteiger partial charge is 0.335 e. The number of hydrogen-bond acceptors (Lipinski definition) is 6. The second-order valence-corrected chi connectivity index (χ2v) is 9.70. The van der Waals surface area contributed by atoms with Crippen molar-refractivity contribution >= 4 is 63.5 Å². The van der Waals surface area contributed by atoms with Crippen molar-refractivity contribution in [2.45, 2.75) is 13.5 Å². The van der Waals surface area contributed by atoms with Crippen molar-refractivity contribution in [2.24, 2.45) is 0 Å². The molecule has 1 fully saturated rings. The number of carbonyl (C=O) groups excluding carboxylic acids is 1. The molecule has 1 aliphatic heterocycles. The predicted octanol–water partition coefficient (Wildman–Crippen LogP) is 6.34. The summed E-state index contributed by atoms with van der Waals surface area (Å²) in [6, 6.07) is 17.4. The molecule has 0 aromatic heterocycles. The summed E-state index contributed by atoms with van der Waals surface area (Å²) in [7, 11) is 1.54. The molecule has 178 valence electrons. The van der Waals surface area contributed by atoms with Gasteiger partial charge in [0.1, 0.15) is 6.61 Å². The molecule has 0 aliphatic carbocycles. The SMILES string of the molecule is COc1cc(C=C2SC(=S)N(c3cc(C(=O)O)ccc3C)C2=O)ccc1OCc1ccccc1Cl. The molecule has 9 heteroatoms. The van der Waals surface area contributed by atoms with Crippen molar-refractivity contribution in [3.8, 4) is 11.5 Å². The fourth-order valence-electron chi connectivity index (χ4n) is 3.47. The van der Waals surface area contributed by atoms with Gasteiger partial charge in [0.25, 0.3) is 5.91 Å². The Hall–Kier alpha value is -3.33. The second kappa shape index (κ2) is 10.5. The number of thioether (sulfide) groups is 1. The summed E-state index contributed by atoms with van der Waals surface area (Å²) < 4.78 is 11.7. The first-order valence-corrected chi connectivity index (χ1v) is 12.0. The number of thiocarbonyl (C=S) groups is 1. The van der Waals surface area contributed by atoms with E-state index in [1.165, 1.54) is 17.0 Å². The molecule has 0 unspecified atom stereocenters. The van der Waals surface area contributed by atoms with E-state index in [0.717, 1.165) is 28.5 Å². The van der Waals surface area contributed by atoms with Gasteiger partial charge < -0.3 is 14.6 Å². The molecule has 3 aromatic rings. The standard InChI is InChI=1S/C26H20ClNO5S2/c1-15-7-9-17(25(30)31)13-20(15)28-24(29)23(35-26(28)34)12-16-8-10-21(22(11-16)32-2)33-14-18-5-3-4-6-19(18)27/h3-13H,14H2,1-2H3,(H,30,31). The first-order chi connectivity index (χ1) is 16.8. The summed E-state index contributed by atoms with van der Waals surface area (Å²) in [5.74, 6) is -0.343. The summed E-state index contributed by atoms with van der Waals surface area (Å²) >= 11 is 12.8. The number of rotatable bonds is 7. The van der Waals surface area contributed by atoms with E-state index in [1.807, 2.05) is 24.3 Å². The molecule has 1 N–H and O–H groups in total. The normalized spacial score (nSPS) is 14.5. The Morgan fingerprint density at radius 3 is 2.63 bits per heavy atom. The number of anilines is 1. The van der Waals surface area contributed by atoms with Crippen molar-refractivity contribution in [1.82, 2.24) is 0 Å². The average molecular weight is 526 g/mol. The number of aryl methyl sites for hydroxylation is 1. The molecular weight excluding hydrogens is 506 g/mol. The second-order valence-electron chi connectivity index (χ2n) is 7.61. The fraction of sp³-hybridized carbons (Fsp3) is 0.115. The summed E-state index contributed by atoms with van der Waals surface area (Å²) in [4.78, 5) is 26.4. The molecule has 1 saturated heterocycles. The van der Waals surface area contributed by atoms with Crippen molar-refractivity contribution in [3.63, 3.8) is 0 Å². The maximum Gasteiger partial charge on any atom is 0.335 e. The van der Waals surface area contributed by atoms with Crippen LogP contribution in [0, 0.1) is 6.92 Å². The van der Waals surface area contributed by atoms with Gasteiger partial charge in [-0.2, -0.15) is 0 Å². The largest absolute Gasteiger partial charge is 0.493 e. The molecule has 6 nitrogen and oxygen atoms in total. The number of halogens is 1. The van der Waals surface area contributed by atoms with E-state index in [9.17, 15) is 14.7 Å². The molecule has 0 radical (unpaired) electrons. The maximum absolute atomic E-state index is 13.2. The first-order valence-electron chi connectivity index (χ1n) is 10.4. The molecule has 0 saturated carbocycles. The van der Waals surface area contributed by atoms with Gasteiger partial charge in [0.2, 0.25) is 0 Å². The lowest BCUT2D eigenvalue weighted by Gasteiger charge is -2.17. The quantitative estimate of drug-likeness (QED) is 0.285. The van der Waals surface area contributed by atoms with Crippen LogP contribution in [-0.4, -0.2) is 28.4 Å². The minimum atomic E-state index is -1.07. The molecule has 1 heterocycles. The number of nitrogens with zero attached hydrogens (tertiary/aromatic N) is 1. The minimum Gasteiger partial charge on any atom is -0.493 e. The van der Waals surface area contributed by atoms with E-state index in [-0.39, 0.29) is 18.1 Å². The first kappa shape index (κ1) is 24.8. The van der Waals surface area contributed by atoms with E-state index in [0.29, 0.717) is 31.4 Å². The average Bonchev–Trinajstić information content (AvgIpc) is 3.11. The van der Waals surface area contributed by atoms with Crippen molar-refractivity contribution in [3.05, 3.63) is 92.8 Å². The molecular formula is C26H20ClNO5S2. The zero-order valence-corrected chi connectivity index (χ0v) is 21.2. The van der Waals surface area contributed by atoms with Crippen LogP contribution < -0.4 is 14.4 Å². The van der Waals surface area contributed by atoms with Crippen LogP contribution in [0.3, 0.4) is 0 Å². The van der Waals surface area contributed by atoms with E-state index in [1.54, 1.807) is 44.4 Å². The Bertz CT molecular complexity index is 1370. The van der Waals surface area contributed by atoms with Gasteiger partial charge in [-0.1, -0.05) is 65.9 Å². The highest BCUT2D eigenvalue weighted by molar-refractivity contribution is 8.27. The lowest BCUT2D eigenvalue weighted by molar-refractivity contribution is -0.113. The van der Waals surface area contributed by atoms with Gasteiger partial charge in [-0.15, -0.1) is 0 Å². The Balaban J connectivity index is 1.57. The van der Waals surface area contributed by atoms with Crippen molar-refractivity contribution in [1.29, 1.82) is 0 Å². The highest BCUT2D eigenvalue weighted by Gasteiger charge is 2.34. The van der Waals surface area contributed by atoms with Gasteiger partial charge in [-0.05, 0) is 54.5 Å². The Morgan fingerprint density at radius 2 is 1.91 bits per heavy atom. The monoisotopic (exact) mass is 525 g/mol. The fourth-order valence-corrected chi connectivity index (χ4v) is 4.95. The van der Waals surface area contributed by atoms with Gasteiger partial charge >= 0.3 is 5.97 Å². The third-order valence-corrected chi connectivity index (χ3v) is 6.99. The lowest BCUT2D eigenvalue weighted by Crippen LogP contribution is -2.28. The zero-order valence-electron chi connectivity index (χ0n) is 18.8. The predicted molar refractivity (Wildman–Crippen MR) is 143 cm³/mol. The lowest BCUT2D eigenvalue weighted by atomic mass is 10.1. The Morgan fingerprint density at radius 1 is 1.14 bits per heavy atom. The Kier molecular flexibility index (Phi) is 7.45. The van der Waals surface area contributed by atoms with E-state index in [2.05, 4.69) is 0 Å². The molecule has 35 heavy (non-hydrogen) atoms. The Labute approximate surface area is 217 Å². The van der Waals surface area contributed by atoms with Crippen LogP contribution >= 0.6 is 35.6 Å². The van der Waals surface area contributed by atoms with Gasteiger partial charge in [-0.25, -0.2) is 4.79 Å². The zero-order chi connectivity index (χ0) is 25.1. The topological polar surface area (TPSA) is 76.1 Å². The maximum atomic E-state index is 13.2. The molecule has 0 bridgehead atoms. The van der Waals surface area contributed by atoms with Crippen molar-refractivity contribution < 1.29 is 24.2 Å². The van der Waals surface area contributed by atoms with Crippen LogP contribution in [0.15, 0.2) is 65.6 Å². The highest BCUT2D eigenvalue weighted by atomic mass is 35.5. The number of ether oxygens (including phenoxy) is 2. The van der Waals surface area contributed by atoms with Crippen LogP contribution in [0.25, 0.3) is 6.08 Å². The van der Waals surface area contributed by atoms with Crippen LogP contribution in [0.4, 0.5) is 5.69 Å². The van der Waals surface area contributed by atoms with E-state index < -0.39 is 5.97 Å². The van der Waals surface area contributed by atoms with Gasteiger partial charge in [-0.3, -0.25) is 9.69 Å². The number of carboxylic acid groups (broad SMARTS) is 1. The third-order valence-electron chi connectivity index (χ3n) is 5.32.